The monoisotopic (exact) mass is 180 g/mol. The maximum Gasteiger partial charge on any atom is 0.111 e. The Morgan fingerprint density at radius 3 is 2.92 bits per heavy atom. The van der Waals surface area contributed by atoms with Crippen LogP contribution in [0.2, 0.25) is 0 Å². The summed E-state index contributed by atoms with van der Waals surface area (Å²) in [6.45, 7) is 0. The molecule has 0 amide bonds. The molecule has 0 aliphatic heterocycles. The first kappa shape index (κ1) is 8.75. The smallest absolute Gasteiger partial charge is 0.111 e. The number of rotatable bonds is 1. The summed E-state index contributed by atoms with van der Waals surface area (Å²) in [7, 11) is 0. The lowest BCUT2D eigenvalue weighted by atomic mass is 9.97. The summed E-state index contributed by atoms with van der Waals surface area (Å²) in [6.07, 6.45) is 8.98. The van der Waals surface area contributed by atoms with Crippen molar-refractivity contribution >= 4 is 0 Å². The summed E-state index contributed by atoms with van der Waals surface area (Å²) >= 11 is 0. The Morgan fingerprint density at radius 2 is 2.15 bits per heavy atom. The van der Waals surface area contributed by atoms with E-state index in [0.717, 1.165) is 25.1 Å². The fourth-order valence-electron chi connectivity index (χ4n) is 2.09. The third kappa shape index (κ3) is 1.91. The van der Waals surface area contributed by atoms with Crippen molar-refractivity contribution in [2.45, 2.75) is 44.1 Å². The molecule has 1 saturated carbocycles. The van der Waals surface area contributed by atoms with Crippen molar-refractivity contribution < 1.29 is 5.11 Å². The number of aromatic nitrogens is 2. The molecule has 13 heavy (non-hydrogen) atoms. The Kier molecular flexibility index (Phi) is 2.64. The number of aliphatic hydroxyl groups is 1. The van der Waals surface area contributed by atoms with E-state index in [4.69, 9.17) is 0 Å². The molecule has 0 radical (unpaired) electrons. The van der Waals surface area contributed by atoms with Crippen LogP contribution in [0, 0.1) is 0 Å². The van der Waals surface area contributed by atoms with E-state index in [9.17, 15) is 5.11 Å². The van der Waals surface area contributed by atoms with Crippen LogP contribution in [0.4, 0.5) is 0 Å². The fourth-order valence-corrected chi connectivity index (χ4v) is 2.09. The number of aliphatic hydroxyl groups excluding tert-OH is 1. The van der Waals surface area contributed by atoms with Crippen LogP contribution in [0.1, 0.15) is 43.8 Å². The lowest BCUT2D eigenvalue weighted by Gasteiger charge is -2.17. The van der Waals surface area contributed by atoms with Gasteiger partial charge in [-0.1, -0.05) is 19.3 Å². The van der Waals surface area contributed by atoms with E-state index >= 15 is 0 Å². The molecule has 2 unspecified atom stereocenters. The number of nitrogens with zero attached hydrogens (tertiary/aromatic N) is 1. The third-order valence-electron chi connectivity index (χ3n) is 2.85. The summed E-state index contributed by atoms with van der Waals surface area (Å²) in [6, 6.07) is 0. The van der Waals surface area contributed by atoms with Crippen LogP contribution >= 0.6 is 0 Å². The van der Waals surface area contributed by atoms with Gasteiger partial charge in [0.05, 0.1) is 6.10 Å². The molecule has 1 aromatic rings. The molecule has 1 heterocycles. The van der Waals surface area contributed by atoms with Gasteiger partial charge in [-0.3, -0.25) is 0 Å². The van der Waals surface area contributed by atoms with Crippen molar-refractivity contribution in [2.24, 2.45) is 0 Å². The maximum absolute atomic E-state index is 9.86. The molecule has 3 nitrogen and oxygen atoms in total. The van der Waals surface area contributed by atoms with E-state index in [1.165, 1.54) is 12.8 Å². The lowest BCUT2D eigenvalue weighted by Crippen LogP contribution is -2.17. The highest BCUT2D eigenvalue weighted by Crippen LogP contribution is 2.29. The average Bonchev–Trinajstić information content (AvgIpc) is 2.56. The number of hydrogen-bond acceptors (Lipinski definition) is 2. The van der Waals surface area contributed by atoms with Gasteiger partial charge in [0.25, 0.3) is 0 Å². The summed E-state index contributed by atoms with van der Waals surface area (Å²) < 4.78 is 0. The number of aromatic amines is 1. The average molecular weight is 180 g/mol. The molecule has 3 heteroatoms. The fraction of sp³-hybridized carbons (Fsp3) is 0.700. The van der Waals surface area contributed by atoms with Crippen LogP contribution < -0.4 is 0 Å². The molecule has 0 saturated heterocycles. The predicted molar refractivity (Wildman–Crippen MR) is 50.4 cm³/mol. The topological polar surface area (TPSA) is 48.9 Å². The molecule has 0 spiro atoms. The SMILES string of the molecule is OC1CCCCCC1c1ncc[nH]1. The highest BCUT2D eigenvalue weighted by Gasteiger charge is 2.24. The van der Waals surface area contributed by atoms with Gasteiger partial charge < -0.3 is 10.1 Å². The van der Waals surface area contributed by atoms with Crippen LogP contribution in [0.15, 0.2) is 12.4 Å². The highest BCUT2D eigenvalue weighted by atomic mass is 16.3. The van der Waals surface area contributed by atoms with Crippen molar-refractivity contribution in [3.8, 4) is 0 Å². The molecule has 1 aromatic heterocycles. The second kappa shape index (κ2) is 3.92. The van der Waals surface area contributed by atoms with E-state index < -0.39 is 0 Å². The molecule has 0 aromatic carbocycles. The minimum Gasteiger partial charge on any atom is -0.392 e. The zero-order valence-electron chi connectivity index (χ0n) is 7.74. The Bertz CT molecular complexity index is 245. The van der Waals surface area contributed by atoms with Crippen LogP contribution in [-0.2, 0) is 0 Å². The molecule has 2 rings (SSSR count). The first-order valence-corrected chi connectivity index (χ1v) is 5.05. The van der Waals surface area contributed by atoms with Gasteiger partial charge in [0.15, 0.2) is 0 Å². The van der Waals surface area contributed by atoms with Crippen LogP contribution in [0.5, 0.6) is 0 Å². The maximum atomic E-state index is 9.86. The Balaban J connectivity index is 2.11. The van der Waals surface area contributed by atoms with E-state index in [2.05, 4.69) is 9.97 Å². The number of H-pyrrole nitrogens is 1. The van der Waals surface area contributed by atoms with Gasteiger partial charge in [0.1, 0.15) is 5.82 Å². The summed E-state index contributed by atoms with van der Waals surface area (Å²) in [5, 5.41) is 9.86. The second-order valence-electron chi connectivity index (χ2n) is 3.79. The first-order valence-electron chi connectivity index (χ1n) is 5.05. The summed E-state index contributed by atoms with van der Waals surface area (Å²) in [5.74, 6) is 1.19. The highest BCUT2D eigenvalue weighted by molar-refractivity contribution is 5.00. The Hall–Kier alpha value is -0.830. The Morgan fingerprint density at radius 1 is 1.31 bits per heavy atom. The molecule has 1 aliphatic carbocycles. The molecule has 72 valence electrons. The zero-order valence-corrected chi connectivity index (χ0v) is 7.74. The standard InChI is InChI=1S/C10H16N2O/c13-9-5-3-1-2-4-8(9)10-11-6-7-12-10/h6-9,13H,1-5H2,(H,11,12). The lowest BCUT2D eigenvalue weighted by molar-refractivity contribution is 0.132. The zero-order chi connectivity index (χ0) is 9.10. The number of imidazole rings is 1. The van der Waals surface area contributed by atoms with Gasteiger partial charge in [-0.25, -0.2) is 4.98 Å². The van der Waals surface area contributed by atoms with Gasteiger partial charge in [0, 0.05) is 18.3 Å². The van der Waals surface area contributed by atoms with Crippen molar-refractivity contribution in [3.05, 3.63) is 18.2 Å². The molecular formula is C10H16N2O. The largest absolute Gasteiger partial charge is 0.392 e. The minimum atomic E-state index is -0.200. The van der Waals surface area contributed by atoms with Gasteiger partial charge in [0.2, 0.25) is 0 Å². The number of hydrogen-bond donors (Lipinski definition) is 2. The normalized spacial score (nSPS) is 29.9. The molecule has 1 fully saturated rings. The van der Waals surface area contributed by atoms with Crippen molar-refractivity contribution in [1.29, 1.82) is 0 Å². The quantitative estimate of drug-likeness (QED) is 0.648. The molecule has 2 N–H and O–H groups in total. The van der Waals surface area contributed by atoms with E-state index in [1.807, 2.05) is 6.20 Å². The van der Waals surface area contributed by atoms with E-state index in [-0.39, 0.29) is 12.0 Å². The third-order valence-corrected chi connectivity index (χ3v) is 2.85. The van der Waals surface area contributed by atoms with Crippen LogP contribution in [-0.4, -0.2) is 21.2 Å². The van der Waals surface area contributed by atoms with Crippen LogP contribution in [0.3, 0.4) is 0 Å². The van der Waals surface area contributed by atoms with Crippen molar-refractivity contribution in [1.82, 2.24) is 9.97 Å². The van der Waals surface area contributed by atoms with Gasteiger partial charge >= 0.3 is 0 Å². The molecule has 2 atom stereocenters. The summed E-state index contributed by atoms with van der Waals surface area (Å²) in [4.78, 5) is 7.31. The first-order chi connectivity index (χ1) is 6.38. The molecular weight excluding hydrogens is 164 g/mol. The van der Waals surface area contributed by atoms with Gasteiger partial charge in [-0.15, -0.1) is 0 Å². The van der Waals surface area contributed by atoms with Gasteiger partial charge in [-0.05, 0) is 12.8 Å². The van der Waals surface area contributed by atoms with E-state index in [0.29, 0.717) is 0 Å². The van der Waals surface area contributed by atoms with E-state index in [1.54, 1.807) is 6.20 Å². The molecule has 0 bridgehead atoms. The minimum absolute atomic E-state index is 0.200. The van der Waals surface area contributed by atoms with Crippen molar-refractivity contribution in [3.63, 3.8) is 0 Å². The Labute approximate surface area is 78.2 Å². The molecule has 1 aliphatic rings. The van der Waals surface area contributed by atoms with Gasteiger partial charge in [-0.2, -0.15) is 0 Å². The second-order valence-corrected chi connectivity index (χ2v) is 3.79. The van der Waals surface area contributed by atoms with Crippen molar-refractivity contribution in [2.75, 3.05) is 0 Å². The summed E-state index contributed by atoms with van der Waals surface area (Å²) in [5.41, 5.74) is 0. The number of nitrogens with one attached hydrogen (secondary N) is 1. The predicted octanol–water partition coefficient (Wildman–Crippen LogP) is 1.82. The van der Waals surface area contributed by atoms with Crippen LogP contribution in [0.25, 0.3) is 0 Å².